The van der Waals surface area contributed by atoms with Gasteiger partial charge < -0.3 is 9.64 Å². The van der Waals surface area contributed by atoms with Crippen molar-refractivity contribution >= 4 is 5.82 Å². The maximum absolute atomic E-state index is 5.37. The van der Waals surface area contributed by atoms with E-state index in [2.05, 4.69) is 15.1 Å². The van der Waals surface area contributed by atoms with Crippen LogP contribution in [0.2, 0.25) is 0 Å². The lowest BCUT2D eigenvalue weighted by Gasteiger charge is -2.16. The Morgan fingerprint density at radius 3 is 2.58 bits per heavy atom. The molecule has 4 heteroatoms. The van der Waals surface area contributed by atoms with Crippen molar-refractivity contribution in [3.63, 3.8) is 0 Å². The first-order valence-corrected chi connectivity index (χ1v) is 6.54. The Labute approximate surface area is 113 Å². The third kappa shape index (κ3) is 2.58. The summed E-state index contributed by atoms with van der Waals surface area (Å²) < 4.78 is 5.37. The van der Waals surface area contributed by atoms with Crippen LogP contribution in [0, 0.1) is 0 Å². The minimum Gasteiger partial charge on any atom is -0.380 e. The smallest absolute Gasteiger partial charge is 0.151 e. The van der Waals surface area contributed by atoms with Crippen molar-refractivity contribution in [1.82, 2.24) is 10.2 Å². The number of benzene rings is 1. The molecular weight excluding hydrogens is 238 g/mol. The number of hydrogen-bond donors (Lipinski definition) is 0. The van der Waals surface area contributed by atoms with Crippen LogP contribution in [0.3, 0.4) is 0 Å². The monoisotopic (exact) mass is 255 g/mol. The molecule has 4 nitrogen and oxygen atoms in total. The normalized spacial score (nSPS) is 18.8. The highest BCUT2D eigenvalue weighted by molar-refractivity contribution is 5.59. The van der Waals surface area contributed by atoms with Gasteiger partial charge in [0.15, 0.2) is 5.82 Å². The summed E-state index contributed by atoms with van der Waals surface area (Å²) in [5.74, 6) is 0.930. The maximum atomic E-state index is 5.37. The molecule has 1 saturated heterocycles. The summed E-state index contributed by atoms with van der Waals surface area (Å²) >= 11 is 0. The van der Waals surface area contributed by atoms with Gasteiger partial charge >= 0.3 is 0 Å². The van der Waals surface area contributed by atoms with Crippen LogP contribution in [0.25, 0.3) is 11.3 Å². The van der Waals surface area contributed by atoms with E-state index < -0.39 is 0 Å². The number of rotatable bonds is 3. The van der Waals surface area contributed by atoms with Crippen LogP contribution < -0.4 is 4.90 Å². The molecule has 98 valence electrons. The van der Waals surface area contributed by atoms with Gasteiger partial charge in [0.2, 0.25) is 0 Å². The van der Waals surface area contributed by atoms with Crippen molar-refractivity contribution in [1.29, 1.82) is 0 Å². The summed E-state index contributed by atoms with van der Waals surface area (Å²) in [6.45, 7) is 1.88. The van der Waals surface area contributed by atoms with E-state index in [9.17, 15) is 0 Å². The molecule has 0 aliphatic carbocycles. The Kier molecular flexibility index (Phi) is 3.42. The van der Waals surface area contributed by atoms with Crippen LogP contribution in [0.15, 0.2) is 42.5 Å². The Balaban J connectivity index is 1.76. The Morgan fingerprint density at radius 2 is 1.95 bits per heavy atom. The van der Waals surface area contributed by atoms with Gasteiger partial charge in [0, 0.05) is 25.8 Å². The molecule has 0 unspecified atom stereocenters. The van der Waals surface area contributed by atoms with Crippen molar-refractivity contribution in [2.24, 2.45) is 0 Å². The van der Waals surface area contributed by atoms with Gasteiger partial charge in [-0.1, -0.05) is 30.3 Å². The van der Waals surface area contributed by atoms with Crippen LogP contribution in [0.5, 0.6) is 0 Å². The number of nitrogens with zero attached hydrogens (tertiary/aromatic N) is 3. The highest BCUT2D eigenvalue weighted by Gasteiger charge is 2.23. The number of methoxy groups -OCH3 is 1. The molecule has 0 saturated carbocycles. The predicted octanol–water partition coefficient (Wildman–Crippen LogP) is 2.37. The molecule has 3 rings (SSSR count). The van der Waals surface area contributed by atoms with Crippen molar-refractivity contribution in [3.8, 4) is 11.3 Å². The van der Waals surface area contributed by atoms with E-state index in [1.54, 1.807) is 7.11 Å². The summed E-state index contributed by atoms with van der Waals surface area (Å²) in [5.41, 5.74) is 2.00. The molecule has 0 amide bonds. The van der Waals surface area contributed by atoms with Gasteiger partial charge in [0.25, 0.3) is 0 Å². The molecule has 1 atom stereocenters. The average molecular weight is 255 g/mol. The first-order valence-electron chi connectivity index (χ1n) is 6.54. The molecule has 1 aromatic heterocycles. The van der Waals surface area contributed by atoms with E-state index in [0.29, 0.717) is 6.10 Å². The lowest BCUT2D eigenvalue weighted by atomic mass is 10.1. The fourth-order valence-corrected chi connectivity index (χ4v) is 2.39. The van der Waals surface area contributed by atoms with E-state index in [4.69, 9.17) is 4.74 Å². The lowest BCUT2D eigenvalue weighted by Crippen LogP contribution is -2.23. The largest absolute Gasteiger partial charge is 0.380 e. The van der Waals surface area contributed by atoms with Gasteiger partial charge in [-0.3, -0.25) is 0 Å². The van der Waals surface area contributed by atoms with Gasteiger partial charge in [-0.2, -0.15) is 0 Å². The van der Waals surface area contributed by atoms with Gasteiger partial charge in [0.1, 0.15) is 0 Å². The second-order valence-corrected chi connectivity index (χ2v) is 4.74. The van der Waals surface area contributed by atoms with E-state index in [1.165, 1.54) is 0 Å². The second-order valence-electron chi connectivity index (χ2n) is 4.74. The van der Waals surface area contributed by atoms with Gasteiger partial charge in [-0.05, 0) is 18.6 Å². The Bertz CT molecular complexity index is 527. The molecule has 0 radical (unpaired) electrons. The molecule has 1 aliphatic heterocycles. The van der Waals surface area contributed by atoms with Gasteiger partial charge in [-0.25, -0.2) is 0 Å². The summed E-state index contributed by atoms with van der Waals surface area (Å²) in [7, 11) is 1.76. The fourth-order valence-electron chi connectivity index (χ4n) is 2.39. The quantitative estimate of drug-likeness (QED) is 0.844. The van der Waals surface area contributed by atoms with Crippen LogP contribution in [0.4, 0.5) is 5.82 Å². The number of ether oxygens (including phenoxy) is 1. The van der Waals surface area contributed by atoms with Crippen molar-refractivity contribution < 1.29 is 4.74 Å². The summed E-state index contributed by atoms with van der Waals surface area (Å²) in [6, 6.07) is 14.2. The summed E-state index contributed by atoms with van der Waals surface area (Å²) in [5, 5.41) is 8.64. The minimum absolute atomic E-state index is 0.315. The third-order valence-corrected chi connectivity index (χ3v) is 3.52. The molecule has 1 aliphatic rings. The second kappa shape index (κ2) is 5.36. The standard InChI is InChI=1S/C15H17N3O/c1-19-13-9-10-18(11-13)15-8-7-14(16-17-15)12-5-3-2-4-6-12/h2-8,13H,9-11H2,1H3/t13-/m1/s1. The fraction of sp³-hybridized carbons (Fsp3) is 0.333. The molecule has 2 aromatic rings. The van der Waals surface area contributed by atoms with E-state index in [1.807, 2.05) is 42.5 Å². The molecule has 0 bridgehead atoms. The highest BCUT2D eigenvalue weighted by Crippen LogP contribution is 2.21. The van der Waals surface area contributed by atoms with Crippen LogP contribution in [0.1, 0.15) is 6.42 Å². The molecule has 2 heterocycles. The first kappa shape index (κ1) is 12.1. The summed E-state index contributed by atoms with van der Waals surface area (Å²) in [4.78, 5) is 2.22. The zero-order chi connectivity index (χ0) is 13.1. The van der Waals surface area contributed by atoms with Crippen LogP contribution in [-0.4, -0.2) is 36.5 Å². The van der Waals surface area contributed by atoms with E-state index in [0.717, 1.165) is 36.6 Å². The molecule has 0 spiro atoms. The number of anilines is 1. The molecule has 0 N–H and O–H groups in total. The molecule has 19 heavy (non-hydrogen) atoms. The van der Waals surface area contributed by atoms with Crippen molar-refractivity contribution in [2.75, 3.05) is 25.1 Å². The first-order chi connectivity index (χ1) is 9.36. The Hall–Kier alpha value is -1.94. The molecule has 1 fully saturated rings. The van der Waals surface area contributed by atoms with Crippen LogP contribution in [-0.2, 0) is 4.74 Å². The van der Waals surface area contributed by atoms with Gasteiger partial charge in [-0.15, -0.1) is 10.2 Å². The number of aromatic nitrogens is 2. The molecular formula is C15H17N3O. The van der Waals surface area contributed by atoms with Gasteiger partial charge in [0.05, 0.1) is 11.8 Å². The highest BCUT2D eigenvalue weighted by atomic mass is 16.5. The van der Waals surface area contributed by atoms with Crippen LogP contribution >= 0.6 is 0 Å². The molecule has 1 aromatic carbocycles. The maximum Gasteiger partial charge on any atom is 0.151 e. The lowest BCUT2D eigenvalue weighted by molar-refractivity contribution is 0.121. The van der Waals surface area contributed by atoms with Crippen molar-refractivity contribution in [3.05, 3.63) is 42.5 Å². The average Bonchev–Trinajstić information content (AvgIpc) is 2.97. The Morgan fingerprint density at radius 1 is 1.11 bits per heavy atom. The van der Waals surface area contributed by atoms with E-state index in [-0.39, 0.29) is 0 Å². The predicted molar refractivity (Wildman–Crippen MR) is 75.1 cm³/mol. The zero-order valence-corrected chi connectivity index (χ0v) is 11.0. The third-order valence-electron chi connectivity index (χ3n) is 3.52. The topological polar surface area (TPSA) is 38.2 Å². The zero-order valence-electron chi connectivity index (χ0n) is 11.0. The number of hydrogen-bond acceptors (Lipinski definition) is 4. The van der Waals surface area contributed by atoms with Crippen molar-refractivity contribution in [2.45, 2.75) is 12.5 Å². The SMILES string of the molecule is CO[C@@H]1CCN(c2ccc(-c3ccccc3)nn2)C1. The summed E-state index contributed by atoms with van der Waals surface area (Å²) in [6.07, 6.45) is 1.37. The van der Waals surface area contributed by atoms with E-state index >= 15 is 0 Å². The minimum atomic E-state index is 0.315.